The number of carboxylic acids is 1. The summed E-state index contributed by atoms with van der Waals surface area (Å²) in [5, 5.41) is 13.1. The summed E-state index contributed by atoms with van der Waals surface area (Å²) in [7, 11) is 0. The molecule has 1 saturated carbocycles. The maximum atomic E-state index is 11.0. The van der Waals surface area contributed by atoms with Crippen LogP contribution < -0.4 is 0 Å². The first kappa shape index (κ1) is 17.3. The summed E-state index contributed by atoms with van der Waals surface area (Å²) in [6, 6.07) is 0. The zero-order chi connectivity index (χ0) is 17.8. The van der Waals surface area contributed by atoms with Crippen LogP contribution in [0.3, 0.4) is 0 Å². The predicted molar refractivity (Wildman–Crippen MR) is 97.7 cm³/mol. The number of hydrogen-bond acceptors (Lipinski definition) is 3. The number of unbranched alkanes of at least 4 members (excludes halogenated alkanes) is 1. The molecular formula is C20H25N3O2. The quantitative estimate of drug-likeness (QED) is 0.803. The van der Waals surface area contributed by atoms with Gasteiger partial charge >= 0.3 is 5.97 Å². The molecule has 0 saturated heterocycles. The molecule has 1 aromatic heterocycles. The molecule has 1 aliphatic carbocycles. The lowest BCUT2D eigenvalue weighted by atomic mass is 10.1. The minimum Gasteiger partial charge on any atom is -0.478 e. The predicted octanol–water partition coefficient (Wildman–Crippen LogP) is 4.33. The number of nitrogens with zero attached hydrogens (tertiary/aromatic N) is 3. The summed E-state index contributed by atoms with van der Waals surface area (Å²) in [6.07, 6.45) is 18.7. The van der Waals surface area contributed by atoms with E-state index in [1.54, 1.807) is 10.9 Å². The molecular weight excluding hydrogens is 314 g/mol. The van der Waals surface area contributed by atoms with Crippen molar-refractivity contribution in [3.63, 3.8) is 0 Å². The molecule has 0 aromatic carbocycles. The Morgan fingerprint density at radius 2 is 2.20 bits per heavy atom. The zero-order valence-electron chi connectivity index (χ0n) is 14.9. The van der Waals surface area contributed by atoms with Crippen LogP contribution in [-0.2, 0) is 6.54 Å². The lowest BCUT2D eigenvalue weighted by molar-refractivity contribution is 0.0697. The SMILES string of the molecule is CCC/C=C1\C=CC(C2CC2)=CN1/C=C(\C)Cn1cc(C(=O)O)cn1. The van der Waals surface area contributed by atoms with Crippen LogP contribution in [0.5, 0.6) is 0 Å². The number of carbonyl (C=O) groups is 1. The Balaban J connectivity index is 1.76. The first-order chi connectivity index (χ1) is 12.1. The average Bonchev–Trinajstić information content (AvgIpc) is 3.33. The van der Waals surface area contributed by atoms with Gasteiger partial charge in [0.1, 0.15) is 0 Å². The molecule has 0 amide bonds. The van der Waals surface area contributed by atoms with Crippen LogP contribution in [0, 0.1) is 5.92 Å². The number of carboxylic acid groups (broad SMARTS) is 1. The van der Waals surface area contributed by atoms with Crippen molar-refractivity contribution in [2.24, 2.45) is 5.92 Å². The van der Waals surface area contributed by atoms with Crippen LogP contribution in [0.1, 0.15) is 49.9 Å². The highest BCUT2D eigenvalue weighted by Gasteiger charge is 2.26. The van der Waals surface area contributed by atoms with Gasteiger partial charge in [-0.1, -0.05) is 25.5 Å². The summed E-state index contributed by atoms with van der Waals surface area (Å²) >= 11 is 0. The maximum absolute atomic E-state index is 11.0. The number of aromatic carboxylic acids is 1. The smallest absolute Gasteiger partial charge is 0.338 e. The molecule has 5 nitrogen and oxygen atoms in total. The van der Waals surface area contributed by atoms with Gasteiger partial charge < -0.3 is 10.0 Å². The van der Waals surface area contributed by atoms with E-state index in [0.29, 0.717) is 12.5 Å². The summed E-state index contributed by atoms with van der Waals surface area (Å²) in [5.41, 5.74) is 3.92. The third-order valence-electron chi connectivity index (χ3n) is 4.37. The van der Waals surface area contributed by atoms with Crippen LogP contribution in [0.25, 0.3) is 0 Å². The van der Waals surface area contributed by atoms with E-state index in [1.807, 2.05) is 6.92 Å². The third-order valence-corrected chi connectivity index (χ3v) is 4.37. The summed E-state index contributed by atoms with van der Waals surface area (Å²) in [6.45, 7) is 4.79. The highest BCUT2D eigenvalue weighted by atomic mass is 16.4. The molecule has 0 atom stereocenters. The fourth-order valence-electron chi connectivity index (χ4n) is 2.88. The highest BCUT2D eigenvalue weighted by Crippen LogP contribution is 2.39. The number of allylic oxidation sites excluding steroid dienone is 5. The molecule has 2 aliphatic rings. The summed E-state index contributed by atoms with van der Waals surface area (Å²) in [5.74, 6) is -0.236. The lowest BCUT2D eigenvalue weighted by Crippen LogP contribution is -2.14. The van der Waals surface area contributed by atoms with Gasteiger partial charge in [-0.05, 0) is 49.3 Å². The number of hydrogen-bond donors (Lipinski definition) is 1. The first-order valence-corrected chi connectivity index (χ1v) is 8.88. The van der Waals surface area contributed by atoms with Crippen molar-refractivity contribution in [3.05, 3.63) is 65.4 Å². The second kappa shape index (κ2) is 7.55. The Morgan fingerprint density at radius 3 is 2.84 bits per heavy atom. The normalized spacial score (nSPS) is 19.4. The third kappa shape index (κ3) is 4.50. The van der Waals surface area contributed by atoms with Gasteiger partial charge in [0.25, 0.3) is 0 Å². The topological polar surface area (TPSA) is 58.4 Å². The molecule has 0 bridgehead atoms. The Labute approximate surface area is 148 Å². The van der Waals surface area contributed by atoms with E-state index in [-0.39, 0.29) is 5.56 Å². The molecule has 2 heterocycles. The number of aromatic nitrogens is 2. The minimum atomic E-state index is -0.948. The van der Waals surface area contributed by atoms with Gasteiger partial charge in [-0.15, -0.1) is 0 Å². The van der Waals surface area contributed by atoms with Crippen LogP contribution in [0.4, 0.5) is 0 Å². The van der Waals surface area contributed by atoms with Gasteiger partial charge in [0, 0.05) is 24.3 Å². The molecule has 1 fully saturated rings. The van der Waals surface area contributed by atoms with E-state index in [4.69, 9.17) is 5.11 Å². The number of rotatable bonds is 7. The van der Waals surface area contributed by atoms with Crippen LogP contribution in [0.2, 0.25) is 0 Å². The van der Waals surface area contributed by atoms with Gasteiger partial charge in [-0.2, -0.15) is 5.10 Å². The fraction of sp³-hybridized carbons (Fsp3) is 0.400. The maximum Gasteiger partial charge on any atom is 0.338 e. The summed E-state index contributed by atoms with van der Waals surface area (Å²) < 4.78 is 1.66. The van der Waals surface area contributed by atoms with E-state index < -0.39 is 5.97 Å². The molecule has 0 spiro atoms. The first-order valence-electron chi connectivity index (χ1n) is 8.88. The van der Waals surface area contributed by atoms with Crippen molar-refractivity contribution in [1.29, 1.82) is 0 Å². The Bertz CT molecular complexity index is 764. The lowest BCUT2D eigenvalue weighted by Gasteiger charge is -2.24. The molecule has 0 radical (unpaired) electrons. The Kier molecular flexibility index (Phi) is 5.22. The molecule has 1 aliphatic heterocycles. The van der Waals surface area contributed by atoms with Crippen LogP contribution >= 0.6 is 0 Å². The van der Waals surface area contributed by atoms with Crippen LogP contribution in [0.15, 0.2) is 59.9 Å². The zero-order valence-corrected chi connectivity index (χ0v) is 14.9. The molecule has 25 heavy (non-hydrogen) atoms. The van der Waals surface area contributed by atoms with Crippen molar-refractivity contribution in [3.8, 4) is 0 Å². The monoisotopic (exact) mass is 339 g/mol. The van der Waals surface area contributed by atoms with E-state index in [1.165, 1.54) is 30.3 Å². The minimum absolute atomic E-state index is 0.216. The van der Waals surface area contributed by atoms with Crippen molar-refractivity contribution >= 4 is 5.97 Å². The van der Waals surface area contributed by atoms with Gasteiger partial charge in [0.15, 0.2) is 0 Å². The van der Waals surface area contributed by atoms with Crippen molar-refractivity contribution < 1.29 is 9.90 Å². The van der Waals surface area contributed by atoms with Crippen molar-refractivity contribution in [2.75, 3.05) is 0 Å². The standard InChI is InChI=1S/C20H25N3O2/c1-3-4-5-19-9-8-17(16-6-7-16)13-22(19)11-15(2)12-23-14-18(10-21-23)20(24)25/h5,8-11,13-14,16H,3-4,6-7,12H2,1-2H3,(H,24,25)/b15-11+,19-5+. The van der Waals surface area contributed by atoms with E-state index >= 15 is 0 Å². The average molecular weight is 339 g/mol. The van der Waals surface area contributed by atoms with E-state index in [9.17, 15) is 4.79 Å². The van der Waals surface area contributed by atoms with Crippen molar-refractivity contribution in [2.45, 2.75) is 46.1 Å². The van der Waals surface area contributed by atoms with Gasteiger partial charge in [0.2, 0.25) is 0 Å². The fourth-order valence-corrected chi connectivity index (χ4v) is 2.88. The van der Waals surface area contributed by atoms with Gasteiger partial charge in [-0.3, -0.25) is 4.68 Å². The Hall–Kier alpha value is -2.56. The Morgan fingerprint density at radius 1 is 1.40 bits per heavy atom. The van der Waals surface area contributed by atoms with Crippen LogP contribution in [-0.4, -0.2) is 25.8 Å². The molecule has 0 unspecified atom stereocenters. The molecule has 1 N–H and O–H groups in total. The van der Waals surface area contributed by atoms with Gasteiger partial charge in [0.05, 0.1) is 18.3 Å². The second-order valence-electron chi connectivity index (χ2n) is 6.77. The van der Waals surface area contributed by atoms with E-state index in [2.05, 4.69) is 47.6 Å². The van der Waals surface area contributed by atoms with Gasteiger partial charge in [-0.25, -0.2) is 4.79 Å². The molecule has 3 rings (SSSR count). The highest BCUT2D eigenvalue weighted by molar-refractivity contribution is 5.86. The molecule has 5 heteroatoms. The second-order valence-corrected chi connectivity index (χ2v) is 6.77. The van der Waals surface area contributed by atoms with E-state index in [0.717, 1.165) is 18.4 Å². The molecule has 1 aromatic rings. The van der Waals surface area contributed by atoms with Crippen molar-refractivity contribution in [1.82, 2.24) is 14.7 Å². The largest absolute Gasteiger partial charge is 0.478 e. The summed E-state index contributed by atoms with van der Waals surface area (Å²) in [4.78, 5) is 13.2. The molecule has 132 valence electrons.